The summed E-state index contributed by atoms with van der Waals surface area (Å²) >= 11 is 0. The highest BCUT2D eigenvalue weighted by molar-refractivity contribution is 5.54. The summed E-state index contributed by atoms with van der Waals surface area (Å²) in [4.78, 5) is 0. The summed E-state index contributed by atoms with van der Waals surface area (Å²) in [5.74, 6) is 0. The fourth-order valence-corrected chi connectivity index (χ4v) is 1.40. The number of anilines is 1. The maximum absolute atomic E-state index is 12.7. The van der Waals surface area contributed by atoms with E-state index < -0.39 is 22.8 Å². The highest BCUT2D eigenvalue weighted by Gasteiger charge is 2.34. The molecule has 0 amide bonds. The molecule has 0 spiro atoms. The third-order valence-corrected chi connectivity index (χ3v) is 2.44. The van der Waals surface area contributed by atoms with Crippen LogP contribution < -0.4 is 11.1 Å². The Morgan fingerprint density at radius 2 is 1.94 bits per heavy atom. The van der Waals surface area contributed by atoms with E-state index in [4.69, 9.17) is 11.0 Å². The van der Waals surface area contributed by atoms with Crippen molar-refractivity contribution in [2.75, 3.05) is 11.9 Å². The van der Waals surface area contributed by atoms with Crippen molar-refractivity contribution in [3.05, 3.63) is 29.3 Å². The standard InChI is InChI=1S/C12H14F3N3/c1-11(2,7-17)18-9-4-3-8(6-16)10(5-9)12(13,14)15/h3-5,18H,7,17H2,1-2H3. The molecular weight excluding hydrogens is 243 g/mol. The summed E-state index contributed by atoms with van der Waals surface area (Å²) < 4.78 is 38.2. The Hall–Kier alpha value is -1.74. The predicted octanol–water partition coefficient (Wildman–Crippen LogP) is 2.73. The Bertz CT molecular complexity index is 472. The summed E-state index contributed by atoms with van der Waals surface area (Å²) in [5.41, 5.74) is 3.94. The molecule has 0 unspecified atom stereocenters. The molecule has 0 aliphatic carbocycles. The Balaban J connectivity index is 3.17. The normalized spacial score (nSPS) is 12.1. The zero-order valence-electron chi connectivity index (χ0n) is 10.1. The molecule has 1 aromatic rings. The number of halogens is 3. The highest BCUT2D eigenvalue weighted by Crippen LogP contribution is 2.34. The molecule has 98 valence electrons. The number of hydrogen-bond donors (Lipinski definition) is 2. The maximum atomic E-state index is 12.7. The lowest BCUT2D eigenvalue weighted by molar-refractivity contribution is -0.137. The maximum Gasteiger partial charge on any atom is 0.417 e. The largest absolute Gasteiger partial charge is 0.417 e. The SMILES string of the molecule is CC(C)(CN)Nc1ccc(C#N)c(C(F)(F)F)c1. The number of rotatable bonds is 3. The average Bonchev–Trinajstić information content (AvgIpc) is 2.27. The summed E-state index contributed by atoms with van der Waals surface area (Å²) in [6.07, 6.45) is -4.55. The van der Waals surface area contributed by atoms with Gasteiger partial charge in [0.25, 0.3) is 0 Å². The van der Waals surface area contributed by atoms with Gasteiger partial charge in [0.15, 0.2) is 0 Å². The second-order valence-electron chi connectivity index (χ2n) is 4.58. The van der Waals surface area contributed by atoms with Gasteiger partial charge < -0.3 is 11.1 Å². The molecule has 1 aromatic carbocycles. The van der Waals surface area contributed by atoms with Crippen molar-refractivity contribution in [1.82, 2.24) is 0 Å². The quantitative estimate of drug-likeness (QED) is 0.875. The van der Waals surface area contributed by atoms with Gasteiger partial charge in [-0.1, -0.05) is 0 Å². The van der Waals surface area contributed by atoms with Crippen molar-refractivity contribution < 1.29 is 13.2 Å². The van der Waals surface area contributed by atoms with Crippen molar-refractivity contribution in [2.24, 2.45) is 5.73 Å². The third-order valence-electron chi connectivity index (χ3n) is 2.44. The second kappa shape index (κ2) is 4.86. The van der Waals surface area contributed by atoms with Gasteiger partial charge in [0.2, 0.25) is 0 Å². The number of nitrogens with zero attached hydrogens (tertiary/aromatic N) is 1. The number of nitrogens with two attached hydrogens (primary N) is 1. The van der Waals surface area contributed by atoms with Crippen molar-refractivity contribution in [3.63, 3.8) is 0 Å². The lowest BCUT2D eigenvalue weighted by atomic mass is 10.0. The molecule has 6 heteroatoms. The first-order valence-corrected chi connectivity index (χ1v) is 5.29. The lowest BCUT2D eigenvalue weighted by Gasteiger charge is -2.26. The number of nitrogens with one attached hydrogen (secondary N) is 1. The van der Waals surface area contributed by atoms with Crippen LogP contribution in [0.25, 0.3) is 0 Å². The van der Waals surface area contributed by atoms with E-state index in [-0.39, 0.29) is 12.2 Å². The summed E-state index contributed by atoms with van der Waals surface area (Å²) in [7, 11) is 0. The van der Waals surface area contributed by atoms with E-state index in [9.17, 15) is 13.2 Å². The molecule has 0 saturated carbocycles. The van der Waals surface area contributed by atoms with E-state index in [0.717, 1.165) is 12.1 Å². The van der Waals surface area contributed by atoms with Crippen LogP contribution in [0.15, 0.2) is 18.2 Å². The molecule has 0 aliphatic rings. The van der Waals surface area contributed by atoms with Gasteiger partial charge >= 0.3 is 6.18 Å². The van der Waals surface area contributed by atoms with Gasteiger partial charge in [0.05, 0.1) is 17.2 Å². The first-order valence-electron chi connectivity index (χ1n) is 5.29. The van der Waals surface area contributed by atoms with Crippen molar-refractivity contribution in [2.45, 2.75) is 25.6 Å². The molecule has 0 atom stereocenters. The smallest absolute Gasteiger partial charge is 0.379 e. The molecule has 3 N–H and O–H groups in total. The van der Waals surface area contributed by atoms with E-state index >= 15 is 0 Å². The van der Waals surface area contributed by atoms with Gasteiger partial charge in [-0.05, 0) is 32.0 Å². The molecule has 0 radical (unpaired) electrons. The van der Waals surface area contributed by atoms with Gasteiger partial charge in [-0.15, -0.1) is 0 Å². The topological polar surface area (TPSA) is 61.8 Å². The van der Waals surface area contributed by atoms with Crippen LogP contribution in [-0.4, -0.2) is 12.1 Å². The van der Waals surface area contributed by atoms with Crippen LogP contribution in [0, 0.1) is 11.3 Å². The fraction of sp³-hybridized carbons (Fsp3) is 0.417. The molecule has 0 heterocycles. The molecule has 0 aromatic heterocycles. The van der Waals surface area contributed by atoms with E-state index in [1.54, 1.807) is 13.8 Å². The van der Waals surface area contributed by atoms with Crippen LogP contribution in [0.2, 0.25) is 0 Å². The molecule has 18 heavy (non-hydrogen) atoms. The number of nitriles is 1. The Kier molecular flexibility index (Phi) is 3.87. The van der Waals surface area contributed by atoms with Gasteiger partial charge in [0.1, 0.15) is 0 Å². The van der Waals surface area contributed by atoms with Crippen LogP contribution in [0.3, 0.4) is 0 Å². The summed E-state index contributed by atoms with van der Waals surface area (Å²) in [6, 6.07) is 5.05. The van der Waals surface area contributed by atoms with Crippen molar-refractivity contribution >= 4 is 5.69 Å². The average molecular weight is 257 g/mol. The van der Waals surface area contributed by atoms with Gasteiger partial charge in [-0.2, -0.15) is 18.4 Å². The number of benzene rings is 1. The van der Waals surface area contributed by atoms with Gasteiger partial charge in [-0.3, -0.25) is 0 Å². The van der Waals surface area contributed by atoms with Crippen molar-refractivity contribution in [3.8, 4) is 6.07 Å². The lowest BCUT2D eigenvalue weighted by Crippen LogP contribution is -2.39. The van der Waals surface area contributed by atoms with E-state index in [1.165, 1.54) is 12.1 Å². The summed E-state index contributed by atoms with van der Waals surface area (Å²) in [6.45, 7) is 3.82. The Morgan fingerprint density at radius 3 is 2.39 bits per heavy atom. The second-order valence-corrected chi connectivity index (χ2v) is 4.58. The van der Waals surface area contributed by atoms with Crippen LogP contribution in [0.5, 0.6) is 0 Å². The van der Waals surface area contributed by atoms with Crippen molar-refractivity contribution in [1.29, 1.82) is 5.26 Å². The monoisotopic (exact) mass is 257 g/mol. The molecular formula is C12H14F3N3. The molecule has 0 saturated heterocycles. The minimum atomic E-state index is -4.55. The third kappa shape index (κ3) is 3.37. The van der Waals surface area contributed by atoms with Crippen LogP contribution >= 0.6 is 0 Å². The van der Waals surface area contributed by atoms with Crippen LogP contribution in [0.4, 0.5) is 18.9 Å². The number of alkyl halides is 3. The zero-order valence-corrected chi connectivity index (χ0v) is 10.1. The molecule has 3 nitrogen and oxygen atoms in total. The molecule has 0 fully saturated rings. The van der Waals surface area contributed by atoms with Gasteiger partial charge in [-0.25, -0.2) is 0 Å². The van der Waals surface area contributed by atoms with E-state index in [0.29, 0.717) is 0 Å². The first kappa shape index (κ1) is 14.3. The van der Waals surface area contributed by atoms with E-state index in [1.807, 2.05) is 0 Å². The Labute approximate surface area is 103 Å². The fourth-order valence-electron chi connectivity index (χ4n) is 1.40. The molecule has 0 bridgehead atoms. The minimum Gasteiger partial charge on any atom is -0.379 e. The van der Waals surface area contributed by atoms with Gasteiger partial charge in [0, 0.05) is 17.8 Å². The van der Waals surface area contributed by atoms with Crippen LogP contribution in [-0.2, 0) is 6.18 Å². The minimum absolute atomic E-state index is 0.272. The predicted molar refractivity (Wildman–Crippen MR) is 62.9 cm³/mol. The highest BCUT2D eigenvalue weighted by atomic mass is 19.4. The summed E-state index contributed by atoms with van der Waals surface area (Å²) in [5, 5.41) is 11.6. The van der Waals surface area contributed by atoms with Crippen LogP contribution in [0.1, 0.15) is 25.0 Å². The molecule has 1 rings (SSSR count). The Morgan fingerprint density at radius 1 is 1.33 bits per heavy atom. The van der Waals surface area contributed by atoms with E-state index in [2.05, 4.69) is 5.32 Å². The zero-order chi connectivity index (χ0) is 14.0. The molecule has 0 aliphatic heterocycles. The first-order chi connectivity index (χ1) is 8.19. The number of hydrogen-bond acceptors (Lipinski definition) is 3.